The van der Waals surface area contributed by atoms with E-state index >= 15 is 0 Å². The van der Waals surface area contributed by atoms with Crippen LogP contribution in [0.5, 0.6) is 5.75 Å². The predicted octanol–water partition coefficient (Wildman–Crippen LogP) is 6.95. The van der Waals surface area contributed by atoms with Crippen molar-refractivity contribution in [2.45, 2.75) is 13.8 Å². The first-order valence-corrected chi connectivity index (χ1v) is 11.1. The molecule has 0 aliphatic rings. The summed E-state index contributed by atoms with van der Waals surface area (Å²) < 4.78 is 11.1. The van der Waals surface area contributed by atoms with E-state index in [4.69, 9.17) is 9.31 Å². The zero-order chi connectivity index (χ0) is 22.9. The lowest BCUT2D eigenvalue weighted by atomic mass is 9.85. The molecule has 0 saturated carbocycles. The maximum absolute atomic E-state index is 10.3. The molecule has 0 atom stereocenters. The molecular formula is C29H25BO3. The first kappa shape index (κ1) is 21.3. The van der Waals surface area contributed by atoms with Gasteiger partial charge in [-0.1, -0.05) is 84.9 Å². The monoisotopic (exact) mass is 432 g/mol. The summed E-state index contributed by atoms with van der Waals surface area (Å²) in [6.07, 6.45) is 0. The summed E-state index contributed by atoms with van der Waals surface area (Å²) in [5, 5.41) is 14.3. The summed E-state index contributed by atoms with van der Waals surface area (Å²) in [4.78, 5) is 0. The SMILES string of the molecule is COB(O)Oc1c2ccccc2cc2ccc(-c3ccccc3C)c(-c3ccccc3C)c12. The Labute approximate surface area is 194 Å². The number of benzene rings is 5. The van der Waals surface area contributed by atoms with E-state index in [1.54, 1.807) is 0 Å². The molecule has 33 heavy (non-hydrogen) atoms. The quantitative estimate of drug-likeness (QED) is 0.241. The van der Waals surface area contributed by atoms with Gasteiger partial charge >= 0.3 is 7.32 Å². The highest BCUT2D eigenvalue weighted by molar-refractivity contribution is 6.36. The fourth-order valence-corrected chi connectivity index (χ4v) is 4.62. The van der Waals surface area contributed by atoms with Crippen molar-refractivity contribution in [1.82, 2.24) is 0 Å². The highest BCUT2D eigenvalue weighted by Crippen LogP contribution is 2.46. The maximum Gasteiger partial charge on any atom is 0.710 e. The Bertz CT molecular complexity index is 1480. The van der Waals surface area contributed by atoms with Crippen molar-refractivity contribution in [3.05, 3.63) is 102 Å². The Morgan fingerprint density at radius 2 is 1.30 bits per heavy atom. The molecule has 0 aliphatic heterocycles. The molecular weight excluding hydrogens is 407 g/mol. The Hall–Kier alpha value is -3.60. The first-order chi connectivity index (χ1) is 16.1. The molecule has 162 valence electrons. The van der Waals surface area contributed by atoms with Crippen molar-refractivity contribution < 1.29 is 14.3 Å². The van der Waals surface area contributed by atoms with Crippen LogP contribution in [0.15, 0.2) is 91.0 Å². The summed E-state index contributed by atoms with van der Waals surface area (Å²) in [6.45, 7) is 4.26. The van der Waals surface area contributed by atoms with Crippen molar-refractivity contribution >= 4 is 28.9 Å². The molecule has 0 aromatic heterocycles. The molecule has 0 amide bonds. The van der Waals surface area contributed by atoms with Crippen LogP contribution in [0.4, 0.5) is 0 Å². The van der Waals surface area contributed by atoms with Gasteiger partial charge in [-0.2, -0.15) is 0 Å². The molecule has 0 fully saturated rings. The highest BCUT2D eigenvalue weighted by atomic mass is 16.7. The van der Waals surface area contributed by atoms with E-state index in [2.05, 4.69) is 86.6 Å². The molecule has 0 spiro atoms. The minimum absolute atomic E-state index is 0.617. The van der Waals surface area contributed by atoms with Gasteiger partial charge in [-0.15, -0.1) is 0 Å². The standard InChI is InChI=1S/C29H25BO3/c1-19-10-4-7-13-23(19)26-17-16-22-18-21-12-6-9-15-25(21)29(33-30(31)32-3)27(22)28(26)24-14-8-5-11-20(24)2/h4-18,31H,1-3H3. The lowest BCUT2D eigenvalue weighted by Gasteiger charge is -2.21. The van der Waals surface area contributed by atoms with E-state index in [0.717, 1.165) is 38.2 Å². The average molecular weight is 432 g/mol. The molecule has 0 bridgehead atoms. The fourth-order valence-electron chi connectivity index (χ4n) is 4.62. The van der Waals surface area contributed by atoms with Gasteiger partial charge in [0.25, 0.3) is 0 Å². The Kier molecular flexibility index (Phi) is 5.63. The van der Waals surface area contributed by atoms with Crippen LogP contribution in [-0.2, 0) is 4.65 Å². The molecule has 0 aliphatic carbocycles. The Morgan fingerprint density at radius 1 is 0.667 bits per heavy atom. The van der Waals surface area contributed by atoms with Gasteiger partial charge < -0.3 is 14.3 Å². The lowest BCUT2D eigenvalue weighted by molar-refractivity contribution is 0.240. The maximum atomic E-state index is 10.3. The molecule has 0 heterocycles. The van der Waals surface area contributed by atoms with Gasteiger partial charge in [0.15, 0.2) is 0 Å². The van der Waals surface area contributed by atoms with Crippen LogP contribution in [0.3, 0.4) is 0 Å². The van der Waals surface area contributed by atoms with E-state index in [9.17, 15) is 5.02 Å². The van der Waals surface area contributed by atoms with Gasteiger partial charge in [0.05, 0.1) is 0 Å². The molecule has 0 radical (unpaired) electrons. The van der Waals surface area contributed by atoms with E-state index in [0.29, 0.717) is 5.75 Å². The number of hydrogen-bond acceptors (Lipinski definition) is 3. The van der Waals surface area contributed by atoms with Crippen LogP contribution in [0, 0.1) is 13.8 Å². The topological polar surface area (TPSA) is 38.7 Å². The van der Waals surface area contributed by atoms with E-state index in [-0.39, 0.29) is 0 Å². The number of hydrogen-bond donors (Lipinski definition) is 1. The summed E-state index contributed by atoms with van der Waals surface area (Å²) in [5.74, 6) is 0.617. The molecule has 0 unspecified atom stereocenters. The largest absolute Gasteiger partial charge is 0.710 e. The number of rotatable bonds is 5. The van der Waals surface area contributed by atoms with Crippen LogP contribution in [0.2, 0.25) is 0 Å². The zero-order valence-electron chi connectivity index (χ0n) is 19.0. The van der Waals surface area contributed by atoms with Gasteiger partial charge in [0.1, 0.15) is 5.75 Å². The highest BCUT2D eigenvalue weighted by Gasteiger charge is 2.24. The summed E-state index contributed by atoms with van der Waals surface area (Å²) >= 11 is 0. The minimum atomic E-state index is -1.37. The summed E-state index contributed by atoms with van der Waals surface area (Å²) in [5.41, 5.74) is 6.89. The van der Waals surface area contributed by atoms with Gasteiger partial charge in [-0.25, -0.2) is 0 Å². The second-order valence-corrected chi connectivity index (χ2v) is 8.30. The van der Waals surface area contributed by atoms with E-state index < -0.39 is 7.32 Å². The van der Waals surface area contributed by atoms with E-state index in [1.165, 1.54) is 23.8 Å². The summed E-state index contributed by atoms with van der Waals surface area (Å²) in [7, 11) is 0.0600. The molecule has 1 N–H and O–H groups in total. The second-order valence-electron chi connectivity index (χ2n) is 8.30. The first-order valence-electron chi connectivity index (χ1n) is 11.1. The number of aryl methyl sites for hydroxylation is 2. The normalized spacial score (nSPS) is 11.2. The van der Waals surface area contributed by atoms with Crippen molar-refractivity contribution in [3.63, 3.8) is 0 Å². The minimum Gasteiger partial charge on any atom is -0.511 e. The molecule has 4 heteroatoms. The third kappa shape index (κ3) is 3.78. The number of fused-ring (bicyclic) bond motifs is 2. The summed E-state index contributed by atoms with van der Waals surface area (Å²) in [6, 6.07) is 31.4. The predicted molar refractivity (Wildman–Crippen MR) is 137 cm³/mol. The van der Waals surface area contributed by atoms with Crippen LogP contribution in [0.1, 0.15) is 11.1 Å². The fraction of sp³-hybridized carbons (Fsp3) is 0.103. The molecule has 3 nitrogen and oxygen atoms in total. The third-order valence-electron chi connectivity index (χ3n) is 6.25. The third-order valence-corrected chi connectivity index (χ3v) is 6.25. The molecule has 5 aromatic carbocycles. The lowest BCUT2D eigenvalue weighted by Crippen LogP contribution is -2.24. The van der Waals surface area contributed by atoms with Crippen molar-refractivity contribution in [2.24, 2.45) is 0 Å². The van der Waals surface area contributed by atoms with Crippen LogP contribution in [0.25, 0.3) is 43.8 Å². The van der Waals surface area contributed by atoms with E-state index in [1.807, 2.05) is 18.2 Å². The molecule has 0 saturated heterocycles. The van der Waals surface area contributed by atoms with Crippen molar-refractivity contribution in [2.75, 3.05) is 7.11 Å². The van der Waals surface area contributed by atoms with Crippen LogP contribution >= 0.6 is 0 Å². The van der Waals surface area contributed by atoms with Crippen molar-refractivity contribution in [3.8, 4) is 28.0 Å². The van der Waals surface area contributed by atoms with Gasteiger partial charge in [0.2, 0.25) is 0 Å². The van der Waals surface area contributed by atoms with Crippen molar-refractivity contribution in [1.29, 1.82) is 0 Å². The van der Waals surface area contributed by atoms with Crippen LogP contribution < -0.4 is 4.65 Å². The average Bonchev–Trinajstić information content (AvgIpc) is 2.84. The van der Waals surface area contributed by atoms with Gasteiger partial charge in [0, 0.05) is 23.4 Å². The molecule has 5 aromatic rings. The molecule has 5 rings (SSSR count). The second kappa shape index (κ2) is 8.74. The van der Waals surface area contributed by atoms with Gasteiger partial charge in [-0.05, 0) is 58.5 Å². The van der Waals surface area contributed by atoms with Crippen LogP contribution in [-0.4, -0.2) is 19.5 Å². The van der Waals surface area contributed by atoms with Gasteiger partial charge in [-0.3, -0.25) is 0 Å². The Morgan fingerprint density at radius 3 is 2.00 bits per heavy atom. The Balaban J connectivity index is 1.99. The zero-order valence-corrected chi connectivity index (χ0v) is 19.0. The smallest absolute Gasteiger partial charge is 0.511 e.